The minimum atomic E-state index is 0.130. The molecule has 1 saturated carbocycles. The van der Waals surface area contributed by atoms with Crippen LogP contribution in [0.1, 0.15) is 33.6 Å². The van der Waals surface area contributed by atoms with Gasteiger partial charge in [-0.05, 0) is 51.8 Å². The van der Waals surface area contributed by atoms with Crippen molar-refractivity contribution in [3.05, 3.63) is 36.7 Å². The van der Waals surface area contributed by atoms with Crippen molar-refractivity contribution in [2.45, 2.75) is 51.3 Å². The molecule has 4 aromatic rings. The molecule has 1 saturated heterocycles. The minimum Gasteiger partial charge on any atom is -0.473 e. The topological polar surface area (TPSA) is 98.0 Å². The summed E-state index contributed by atoms with van der Waals surface area (Å²) in [6.07, 6.45) is 5.46. The van der Waals surface area contributed by atoms with E-state index in [4.69, 9.17) is 19.9 Å². The number of aromatic nitrogens is 4. The average molecular weight is 462 g/mol. The number of ether oxygens (including phenoxy) is 1. The summed E-state index contributed by atoms with van der Waals surface area (Å²) in [6.45, 7) is 10.7. The first-order valence-electron chi connectivity index (χ1n) is 12.0. The molecule has 0 aromatic carbocycles. The highest BCUT2D eigenvalue weighted by molar-refractivity contribution is 5.92. The van der Waals surface area contributed by atoms with Crippen LogP contribution in [0.25, 0.3) is 28.1 Å². The lowest BCUT2D eigenvalue weighted by atomic mass is 9.90. The molecule has 1 aliphatic carbocycles. The van der Waals surface area contributed by atoms with Crippen LogP contribution in [-0.2, 0) is 0 Å². The molecule has 0 atom stereocenters. The average Bonchev–Trinajstić information content (AvgIpc) is 3.41. The van der Waals surface area contributed by atoms with Crippen LogP contribution in [0, 0.1) is 0 Å². The summed E-state index contributed by atoms with van der Waals surface area (Å²) >= 11 is 0. The van der Waals surface area contributed by atoms with Crippen LogP contribution in [0.15, 0.2) is 41.1 Å². The number of nitrogens with zero attached hydrogens (tertiary/aromatic N) is 6. The van der Waals surface area contributed by atoms with Gasteiger partial charge in [0.2, 0.25) is 5.88 Å². The Balaban J connectivity index is 1.30. The highest BCUT2D eigenvalue weighted by Gasteiger charge is 2.29. The van der Waals surface area contributed by atoms with Gasteiger partial charge in [-0.2, -0.15) is 0 Å². The number of rotatable bonds is 4. The predicted molar refractivity (Wildman–Crippen MR) is 131 cm³/mol. The maximum atomic E-state index is 6.26. The lowest BCUT2D eigenvalue weighted by Crippen LogP contribution is -2.53. The highest BCUT2D eigenvalue weighted by atomic mass is 16.5. The zero-order chi connectivity index (χ0) is 23.4. The molecule has 4 aromatic heterocycles. The summed E-state index contributed by atoms with van der Waals surface area (Å²) in [5.74, 6) is 2.24. The molecular formula is C25H31N7O2. The number of nitrogens with two attached hydrogens (primary N) is 1. The summed E-state index contributed by atoms with van der Waals surface area (Å²) in [7, 11) is 0. The predicted octanol–water partition coefficient (Wildman–Crippen LogP) is 3.33. The number of piperazine rings is 1. The molecule has 0 amide bonds. The van der Waals surface area contributed by atoms with Crippen molar-refractivity contribution in [1.82, 2.24) is 24.5 Å². The third-order valence-electron chi connectivity index (χ3n) is 6.96. The monoisotopic (exact) mass is 461 g/mol. The van der Waals surface area contributed by atoms with Crippen LogP contribution in [0.4, 0.5) is 5.82 Å². The van der Waals surface area contributed by atoms with Gasteiger partial charge in [0.1, 0.15) is 23.2 Å². The Hall–Kier alpha value is -3.17. The zero-order valence-corrected chi connectivity index (χ0v) is 19.9. The SMILES string of the molecule is CC(C)(C)N1CCN(c2nccc3oc(-c4cnc5ccc(OC6CC(N)C6)nn45)cc23)CC1. The van der Waals surface area contributed by atoms with Crippen molar-refractivity contribution in [3.63, 3.8) is 0 Å². The summed E-state index contributed by atoms with van der Waals surface area (Å²) < 4.78 is 14.0. The fourth-order valence-electron chi connectivity index (χ4n) is 4.88. The molecule has 2 N–H and O–H groups in total. The highest BCUT2D eigenvalue weighted by Crippen LogP contribution is 2.34. The Labute approximate surface area is 198 Å². The first-order valence-corrected chi connectivity index (χ1v) is 12.0. The quantitative estimate of drug-likeness (QED) is 0.494. The molecule has 0 bridgehead atoms. The Morgan fingerprint density at radius 2 is 1.85 bits per heavy atom. The van der Waals surface area contributed by atoms with Crippen LogP contribution in [0.3, 0.4) is 0 Å². The fraction of sp³-hybridized carbons (Fsp3) is 0.480. The van der Waals surface area contributed by atoms with Crippen LogP contribution in [0.2, 0.25) is 0 Å². The lowest BCUT2D eigenvalue weighted by molar-refractivity contribution is 0.0944. The Morgan fingerprint density at radius 1 is 1.06 bits per heavy atom. The Morgan fingerprint density at radius 3 is 2.59 bits per heavy atom. The van der Waals surface area contributed by atoms with Gasteiger partial charge in [-0.1, -0.05) is 0 Å². The molecule has 0 unspecified atom stereocenters. The van der Waals surface area contributed by atoms with E-state index in [9.17, 15) is 0 Å². The van der Waals surface area contributed by atoms with Gasteiger partial charge in [0, 0.05) is 50.0 Å². The molecule has 0 spiro atoms. The molecule has 1 aliphatic heterocycles. The van der Waals surface area contributed by atoms with E-state index in [1.807, 2.05) is 24.4 Å². The summed E-state index contributed by atoms with van der Waals surface area (Å²) in [4.78, 5) is 14.1. The van der Waals surface area contributed by atoms with Gasteiger partial charge in [-0.3, -0.25) is 4.90 Å². The number of furan rings is 1. The number of hydrogen-bond donors (Lipinski definition) is 1. The van der Waals surface area contributed by atoms with Crippen LogP contribution in [0.5, 0.6) is 5.88 Å². The van der Waals surface area contributed by atoms with E-state index in [1.54, 1.807) is 10.7 Å². The maximum absolute atomic E-state index is 6.26. The molecule has 0 radical (unpaired) electrons. The van der Waals surface area contributed by atoms with E-state index in [2.05, 4.69) is 46.7 Å². The lowest BCUT2D eigenvalue weighted by Gasteiger charge is -2.42. The van der Waals surface area contributed by atoms with E-state index in [1.165, 1.54) is 0 Å². The first-order chi connectivity index (χ1) is 16.3. The second-order valence-electron chi connectivity index (χ2n) is 10.4. The number of fused-ring (bicyclic) bond motifs is 2. The standard InChI is InChI=1S/C25H31N7O2/c1-25(2,3)31-10-8-30(9-11-31)24-18-14-21(34-20(18)6-7-27-24)19-15-28-22-4-5-23(29-32(19)22)33-17-12-16(26)13-17/h4-7,14-17H,8-13,26H2,1-3H3. The molecule has 178 valence electrons. The van der Waals surface area contributed by atoms with E-state index in [0.29, 0.717) is 11.6 Å². The number of anilines is 1. The van der Waals surface area contributed by atoms with Gasteiger partial charge in [-0.25, -0.2) is 14.5 Å². The Kier molecular flexibility index (Phi) is 5.00. The molecule has 2 aliphatic rings. The first kappa shape index (κ1) is 21.4. The van der Waals surface area contributed by atoms with E-state index in [-0.39, 0.29) is 17.7 Å². The van der Waals surface area contributed by atoms with Crippen molar-refractivity contribution in [1.29, 1.82) is 0 Å². The van der Waals surface area contributed by atoms with Crippen molar-refractivity contribution in [2.75, 3.05) is 31.1 Å². The smallest absolute Gasteiger partial charge is 0.232 e. The molecule has 2 fully saturated rings. The molecule has 9 heteroatoms. The number of imidazole rings is 1. The normalized spacial score (nSPS) is 21.8. The third kappa shape index (κ3) is 3.78. The van der Waals surface area contributed by atoms with Gasteiger partial charge in [0.15, 0.2) is 11.4 Å². The van der Waals surface area contributed by atoms with Gasteiger partial charge in [0.05, 0.1) is 11.6 Å². The van der Waals surface area contributed by atoms with E-state index < -0.39 is 0 Å². The number of pyridine rings is 1. The van der Waals surface area contributed by atoms with Crippen molar-refractivity contribution in [2.24, 2.45) is 5.73 Å². The summed E-state index contributed by atoms with van der Waals surface area (Å²) in [5.41, 5.74) is 8.40. The van der Waals surface area contributed by atoms with Crippen molar-refractivity contribution >= 4 is 22.4 Å². The van der Waals surface area contributed by atoms with Crippen molar-refractivity contribution in [3.8, 4) is 17.3 Å². The van der Waals surface area contributed by atoms with E-state index in [0.717, 1.165) is 67.1 Å². The third-order valence-corrected chi connectivity index (χ3v) is 6.96. The molecular weight excluding hydrogens is 430 g/mol. The second kappa shape index (κ2) is 7.95. The molecule has 9 nitrogen and oxygen atoms in total. The molecule has 5 heterocycles. The zero-order valence-electron chi connectivity index (χ0n) is 19.9. The van der Waals surface area contributed by atoms with Gasteiger partial charge < -0.3 is 19.8 Å². The molecule has 34 heavy (non-hydrogen) atoms. The molecule has 6 rings (SSSR count). The van der Waals surface area contributed by atoms with Gasteiger partial charge >= 0.3 is 0 Å². The maximum Gasteiger partial charge on any atom is 0.232 e. The van der Waals surface area contributed by atoms with Crippen LogP contribution in [-0.4, -0.2) is 68.3 Å². The largest absolute Gasteiger partial charge is 0.473 e. The number of hydrogen-bond acceptors (Lipinski definition) is 8. The van der Waals surface area contributed by atoms with Crippen LogP contribution >= 0.6 is 0 Å². The van der Waals surface area contributed by atoms with Crippen molar-refractivity contribution < 1.29 is 9.15 Å². The second-order valence-corrected chi connectivity index (χ2v) is 10.4. The van der Waals surface area contributed by atoms with Crippen LogP contribution < -0.4 is 15.4 Å². The van der Waals surface area contributed by atoms with Gasteiger partial charge in [0.25, 0.3) is 0 Å². The fourth-order valence-corrected chi connectivity index (χ4v) is 4.88. The Bertz CT molecular complexity index is 1320. The summed E-state index contributed by atoms with van der Waals surface area (Å²) in [5, 5.41) is 5.68. The minimum absolute atomic E-state index is 0.130. The van der Waals surface area contributed by atoms with Gasteiger partial charge in [-0.15, -0.1) is 5.10 Å². The van der Waals surface area contributed by atoms with E-state index >= 15 is 0 Å². The summed E-state index contributed by atoms with van der Waals surface area (Å²) in [6, 6.07) is 7.96.